The van der Waals surface area contributed by atoms with Gasteiger partial charge >= 0.3 is 3.18 Å². The third-order valence-electron chi connectivity index (χ3n) is 13.4. The highest BCUT2D eigenvalue weighted by Gasteiger charge is 2.29. The lowest BCUT2D eigenvalue weighted by molar-refractivity contribution is 0.0733. The van der Waals surface area contributed by atoms with E-state index in [1.54, 1.807) is 41.0 Å². The predicted molar refractivity (Wildman–Crippen MR) is 283 cm³/mol. The van der Waals surface area contributed by atoms with Gasteiger partial charge in [-0.05, 0) is 97.2 Å². The molecule has 0 radical (unpaired) electrons. The summed E-state index contributed by atoms with van der Waals surface area (Å²) in [7, 11) is 5.72. The molecule has 16 heteroatoms. The van der Waals surface area contributed by atoms with Crippen molar-refractivity contribution in [1.29, 1.82) is 0 Å². The monoisotopic (exact) mass is 1100 g/mol. The number of ether oxygens (including phenoxy) is 1. The van der Waals surface area contributed by atoms with E-state index < -0.39 is 12.2 Å². The van der Waals surface area contributed by atoms with Crippen LogP contribution in [-0.4, -0.2) is 84.1 Å². The molecule has 2 saturated carbocycles. The summed E-state index contributed by atoms with van der Waals surface area (Å²) in [6.07, 6.45) is 19.2. The van der Waals surface area contributed by atoms with Crippen molar-refractivity contribution < 1.29 is 20.1 Å². The number of phenols is 1. The fraction of sp³-hybridized carbons (Fsp3) is 0.373. The maximum atomic E-state index is 13.6. The summed E-state index contributed by atoms with van der Waals surface area (Å²) < 4.78 is 8.86. The van der Waals surface area contributed by atoms with Crippen molar-refractivity contribution in [3.63, 3.8) is 0 Å². The number of fused-ring (bicyclic) bond motifs is 6. The van der Waals surface area contributed by atoms with Gasteiger partial charge in [0.2, 0.25) is 0 Å². The van der Waals surface area contributed by atoms with Crippen molar-refractivity contribution in [3.05, 3.63) is 140 Å². The third kappa shape index (κ3) is 10.8. The molecule has 3 N–H and O–H groups in total. The van der Waals surface area contributed by atoms with Crippen molar-refractivity contribution >= 4 is 95.8 Å². The minimum Gasteiger partial charge on any atom is -0.508 e. The molecule has 2 aliphatic carbocycles. The van der Waals surface area contributed by atoms with Crippen LogP contribution >= 0.6 is 47.3 Å². The minimum absolute atomic E-state index is 0.0670. The first-order chi connectivity index (χ1) is 32.3. The Morgan fingerprint density at radius 1 is 0.657 bits per heavy atom. The van der Waals surface area contributed by atoms with Gasteiger partial charge in [0.05, 0.1) is 66.2 Å². The Morgan fingerprint density at radius 3 is 1.46 bits per heavy atom. The zero-order chi connectivity index (χ0) is 47.4. The first kappa shape index (κ1) is 48.7. The average Bonchev–Trinajstić information content (AvgIpc) is 3.31. The highest BCUT2D eigenvalue weighted by Crippen LogP contribution is 2.38. The van der Waals surface area contributed by atoms with E-state index in [1.165, 1.54) is 0 Å². The maximum Gasteiger partial charge on any atom is 0.369 e. The molecule has 4 aromatic carbocycles. The smallest absolute Gasteiger partial charge is 0.369 e. The molecule has 6 aromatic rings. The number of halogens is 3. The molecule has 0 amide bonds. The topological polar surface area (TPSA) is 146 Å². The molecule has 0 bridgehead atoms. The summed E-state index contributed by atoms with van der Waals surface area (Å²) in [5, 5.41) is 31.9. The average molecular weight is 1100 g/mol. The van der Waals surface area contributed by atoms with Gasteiger partial charge in [0.25, 0.3) is 11.1 Å². The Bertz CT molecular complexity index is 2910. The van der Waals surface area contributed by atoms with Crippen molar-refractivity contribution in [2.24, 2.45) is 0 Å². The van der Waals surface area contributed by atoms with Gasteiger partial charge in [-0.2, -0.15) is 0 Å². The van der Waals surface area contributed by atoms with Crippen LogP contribution in [0.3, 0.4) is 0 Å². The molecule has 4 aliphatic rings. The van der Waals surface area contributed by atoms with E-state index in [4.69, 9.17) is 14.7 Å². The number of aromatic hydroxyl groups is 1. The van der Waals surface area contributed by atoms with E-state index in [2.05, 4.69) is 93.5 Å². The zero-order valence-electron chi connectivity index (χ0n) is 38.0. The molecule has 2 aliphatic heterocycles. The molecule has 2 aromatic heterocycles. The van der Waals surface area contributed by atoms with Crippen molar-refractivity contribution in [2.45, 2.75) is 88.5 Å². The standard InChI is InChI=1S/C26H29N3O3.C25H27N3O3.BBr3/c1-28-13-5-6-20-18(14-17-9-11-19(32-2)12-10-17)15-21-24(25(20)28)27-16-29(26(21)31)22-7-3-4-8-23(22)30;1-27-12-4-5-19-17(13-16-8-10-18(29)11-9-16)14-20-23(24(19)27)26-15-28(25(20)31)21-6-2-3-7-22(21)30;2-1(3)4/h5-6,9-12,15-16,22-23,30H,3-4,7-8,13-14H2,1-2H3;4-5,8-11,14-15,21-22,29-30H,2-3,6-7,12-13H2,1H3;/t22-,23-;21-,22-;/m00./s1. The van der Waals surface area contributed by atoms with Crippen LogP contribution in [0.15, 0.2) is 95.1 Å². The Kier molecular flexibility index (Phi) is 15.8. The van der Waals surface area contributed by atoms with Crippen LogP contribution in [0.25, 0.3) is 34.0 Å². The molecule has 4 atom stereocenters. The van der Waals surface area contributed by atoms with Crippen LogP contribution in [0.1, 0.15) is 96.8 Å². The lowest BCUT2D eigenvalue weighted by Gasteiger charge is -2.30. The first-order valence-electron chi connectivity index (χ1n) is 22.9. The van der Waals surface area contributed by atoms with E-state index in [-0.39, 0.29) is 32.1 Å². The van der Waals surface area contributed by atoms with E-state index in [0.29, 0.717) is 29.1 Å². The highest BCUT2D eigenvalue weighted by molar-refractivity contribution is 9.69. The first-order valence-corrected chi connectivity index (χ1v) is 25.7. The number of aliphatic hydroxyl groups excluding tert-OH is 2. The molecule has 4 heterocycles. The molecule has 67 heavy (non-hydrogen) atoms. The molecular formula is C51H56BBr3N6O6. The van der Waals surface area contributed by atoms with E-state index >= 15 is 0 Å². The number of methoxy groups -OCH3 is 1. The number of phenolic OH excluding ortho intramolecular Hbond substituents is 1. The van der Waals surface area contributed by atoms with Crippen molar-refractivity contribution in [2.75, 3.05) is 44.1 Å². The molecule has 0 unspecified atom stereocenters. The van der Waals surface area contributed by atoms with Crippen molar-refractivity contribution in [1.82, 2.24) is 19.1 Å². The number of anilines is 2. The second-order valence-electron chi connectivity index (χ2n) is 17.8. The number of aliphatic hydroxyl groups is 2. The Labute approximate surface area is 416 Å². The second kappa shape index (κ2) is 21.7. The van der Waals surface area contributed by atoms with Gasteiger partial charge in [-0.3, -0.25) is 18.7 Å². The molecular weight excluding hydrogens is 1040 g/mol. The molecule has 0 spiro atoms. The van der Waals surface area contributed by atoms with Gasteiger partial charge in [0.1, 0.15) is 22.5 Å². The van der Waals surface area contributed by atoms with Gasteiger partial charge in [0, 0.05) is 38.3 Å². The van der Waals surface area contributed by atoms with Gasteiger partial charge < -0.3 is 29.9 Å². The van der Waals surface area contributed by atoms with Gasteiger partial charge in [0.15, 0.2) is 0 Å². The Morgan fingerprint density at radius 2 is 1.06 bits per heavy atom. The van der Waals surface area contributed by atoms with Crippen LogP contribution in [0.2, 0.25) is 0 Å². The summed E-state index contributed by atoms with van der Waals surface area (Å²) in [6.45, 7) is 1.54. The number of benzene rings is 4. The van der Waals surface area contributed by atoms with Gasteiger partial charge in [-0.1, -0.05) is 74.3 Å². The van der Waals surface area contributed by atoms with Crippen LogP contribution in [-0.2, 0) is 12.8 Å². The minimum atomic E-state index is -0.509. The predicted octanol–water partition coefficient (Wildman–Crippen LogP) is 9.72. The number of likely N-dealkylation sites (N-methyl/N-ethyl adjacent to an activating group) is 2. The van der Waals surface area contributed by atoms with Crippen molar-refractivity contribution in [3.8, 4) is 11.5 Å². The van der Waals surface area contributed by atoms with E-state index in [9.17, 15) is 24.9 Å². The SMILES string of the molecule is BrB(Br)Br.CN1CC=Cc2c(Cc3ccc(O)cc3)cc3c(=O)n([C@H]4CCCC[C@@H]4O)cnc3c21.COc1ccc(Cc2cc3c(=O)n([C@H]4CCCC[C@@H]4O)cnc3c3c2C=CCN3C)cc1. The Balaban J connectivity index is 0.000000168. The third-order valence-corrected chi connectivity index (χ3v) is 13.4. The lowest BCUT2D eigenvalue weighted by atomic mass is 9.91. The van der Waals surface area contributed by atoms with Crippen LogP contribution in [0.5, 0.6) is 11.5 Å². The molecule has 12 nitrogen and oxygen atoms in total. The number of hydrogen-bond acceptors (Lipinski definition) is 10. The summed E-state index contributed by atoms with van der Waals surface area (Å²) in [5.41, 5.74) is 9.83. The zero-order valence-corrected chi connectivity index (χ0v) is 42.8. The van der Waals surface area contributed by atoms with Crippen LogP contribution in [0, 0.1) is 0 Å². The van der Waals surface area contributed by atoms with Gasteiger partial charge in [-0.25, -0.2) is 9.97 Å². The fourth-order valence-electron chi connectivity index (χ4n) is 10.0. The summed E-state index contributed by atoms with van der Waals surface area (Å²) in [6, 6.07) is 18.8. The van der Waals surface area contributed by atoms with E-state index in [1.807, 2.05) is 50.5 Å². The summed E-state index contributed by atoms with van der Waals surface area (Å²) in [4.78, 5) is 40.9. The number of hydrogen-bond donors (Lipinski definition) is 3. The molecule has 2 fully saturated rings. The second-order valence-corrected chi connectivity index (χ2v) is 24.3. The van der Waals surface area contributed by atoms with Gasteiger partial charge in [-0.15, -0.1) is 47.3 Å². The van der Waals surface area contributed by atoms with Crippen LogP contribution in [0.4, 0.5) is 11.4 Å². The fourth-order valence-corrected chi connectivity index (χ4v) is 10.0. The highest BCUT2D eigenvalue weighted by atomic mass is 79.9. The quantitative estimate of drug-likeness (QED) is 0.132. The summed E-state index contributed by atoms with van der Waals surface area (Å²) >= 11 is 9.31. The molecule has 350 valence electrons. The number of rotatable bonds is 7. The number of nitrogens with zero attached hydrogens (tertiary/aromatic N) is 6. The van der Waals surface area contributed by atoms with Crippen LogP contribution < -0.4 is 25.7 Å². The number of aromatic nitrogens is 4. The molecule has 0 saturated heterocycles. The largest absolute Gasteiger partial charge is 0.508 e. The summed E-state index contributed by atoms with van der Waals surface area (Å²) in [5.74, 6) is 1.06. The molecule has 10 rings (SSSR count). The normalized spacial score (nSPS) is 19.8. The lowest BCUT2D eigenvalue weighted by Crippen LogP contribution is -2.35. The maximum absolute atomic E-state index is 13.6. The van der Waals surface area contributed by atoms with E-state index in [0.717, 1.165) is 120 Å². The Hall–Kier alpha value is -4.74.